The fourth-order valence-electron chi connectivity index (χ4n) is 2.59. The van der Waals surface area contributed by atoms with E-state index in [1.807, 2.05) is 30.3 Å². The predicted molar refractivity (Wildman–Crippen MR) is 74.7 cm³/mol. The van der Waals surface area contributed by atoms with Gasteiger partial charge < -0.3 is 10.2 Å². The molecule has 2 amide bonds. The zero-order chi connectivity index (χ0) is 13.7. The molecule has 0 aliphatic heterocycles. The van der Waals surface area contributed by atoms with E-state index in [2.05, 4.69) is 5.32 Å². The van der Waals surface area contributed by atoms with Gasteiger partial charge in [0.1, 0.15) is 6.54 Å². The van der Waals surface area contributed by atoms with E-state index in [9.17, 15) is 9.59 Å². The number of hydrogen-bond donors (Lipinski definition) is 1. The molecule has 0 aromatic heterocycles. The van der Waals surface area contributed by atoms with Crippen molar-refractivity contribution in [3.05, 3.63) is 30.3 Å². The average molecular weight is 260 g/mol. The average Bonchev–Trinajstić information content (AvgIpc) is 2.90. The van der Waals surface area contributed by atoms with Crippen molar-refractivity contribution in [3.63, 3.8) is 0 Å². The molecular weight excluding hydrogens is 240 g/mol. The number of hydrogen-bond acceptors (Lipinski definition) is 2. The van der Waals surface area contributed by atoms with Gasteiger partial charge in [0.15, 0.2) is 0 Å². The molecule has 0 radical (unpaired) electrons. The summed E-state index contributed by atoms with van der Waals surface area (Å²) in [6, 6.07) is 9.55. The van der Waals surface area contributed by atoms with Crippen LogP contribution in [0.3, 0.4) is 0 Å². The highest BCUT2D eigenvalue weighted by atomic mass is 16.2. The Bertz CT molecular complexity index is 439. The molecule has 19 heavy (non-hydrogen) atoms. The summed E-state index contributed by atoms with van der Waals surface area (Å²) in [4.78, 5) is 25.3. The first-order valence-corrected chi connectivity index (χ1v) is 6.79. The second kappa shape index (κ2) is 6.36. The molecule has 0 spiro atoms. The van der Waals surface area contributed by atoms with Gasteiger partial charge in [0.25, 0.3) is 0 Å². The maximum atomic E-state index is 12.0. The van der Waals surface area contributed by atoms with Crippen LogP contribution in [0, 0.1) is 0 Å². The van der Waals surface area contributed by atoms with Gasteiger partial charge in [-0.3, -0.25) is 9.59 Å². The van der Waals surface area contributed by atoms with Gasteiger partial charge in [-0.2, -0.15) is 0 Å². The second-order valence-corrected chi connectivity index (χ2v) is 5.00. The third kappa shape index (κ3) is 3.81. The van der Waals surface area contributed by atoms with Crippen LogP contribution in [0.5, 0.6) is 0 Å². The van der Waals surface area contributed by atoms with Gasteiger partial charge in [0.05, 0.1) is 0 Å². The SMILES string of the molecule is CC(=O)N(CC(=O)Nc1ccccc1)C1CCCC1. The topological polar surface area (TPSA) is 49.4 Å². The molecule has 0 heterocycles. The van der Waals surface area contributed by atoms with Gasteiger partial charge in [-0.15, -0.1) is 0 Å². The first-order chi connectivity index (χ1) is 9.16. The Morgan fingerprint density at radius 3 is 2.42 bits per heavy atom. The van der Waals surface area contributed by atoms with Gasteiger partial charge in [-0.05, 0) is 25.0 Å². The third-order valence-electron chi connectivity index (χ3n) is 3.54. The second-order valence-electron chi connectivity index (χ2n) is 5.00. The van der Waals surface area contributed by atoms with Gasteiger partial charge in [0, 0.05) is 18.7 Å². The Balaban J connectivity index is 1.93. The van der Waals surface area contributed by atoms with Crippen molar-refractivity contribution < 1.29 is 9.59 Å². The number of anilines is 1. The summed E-state index contributed by atoms with van der Waals surface area (Å²) in [7, 11) is 0. The molecule has 1 fully saturated rings. The van der Waals surface area contributed by atoms with Crippen molar-refractivity contribution in [2.45, 2.75) is 38.6 Å². The largest absolute Gasteiger partial charge is 0.331 e. The fourth-order valence-corrected chi connectivity index (χ4v) is 2.59. The summed E-state index contributed by atoms with van der Waals surface area (Å²) in [6.45, 7) is 1.68. The van der Waals surface area contributed by atoms with Crippen molar-refractivity contribution in [2.24, 2.45) is 0 Å². The Kier molecular flexibility index (Phi) is 4.55. The van der Waals surface area contributed by atoms with Crippen molar-refractivity contribution in [1.82, 2.24) is 4.90 Å². The summed E-state index contributed by atoms with van der Waals surface area (Å²) < 4.78 is 0. The molecule has 0 bridgehead atoms. The zero-order valence-electron chi connectivity index (χ0n) is 11.3. The third-order valence-corrected chi connectivity index (χ3v) is 3.54. The number of benzene rings is 1. The lowest BCUT2D eigenvalue weighted by Crippen LogP contribution is -2.42. The van der Waals surface area contributed by atoms with Crippen molar-refractivity contribution >= 4 is 17.5 Å². The van der Waals surface area contributed by atoms with E-state index in [4.69, 9.17) is 0 Å². The van der Waals surface area contributed by atoms with Crippen LogP contribution in [0.25, 0.3) is 0 Å². The number of amides is 2. The lowest BCUT2D eigenvalue weighted by atomic mass is 10.2. The Hall–Kier alpha value is -1.84. The van der Waals surface area contributed by atoms with Crippen LogP contribution in [-0.4, -0.2) is 29.3 Å². The standard InChI is InChI=1S/C15H20N2O2/c1-12(18)17(14-9-5-6-10-14)11-15(19)16-13-7-3-2-4-8-13/h2-4,7-8,14H,5-6,9-11H2,1H3,(H,16,19). The molecule has 1 aromatic rings. The summed E-state index contributed by atoms with van der Waals surface area (Å²) in [5.74, 6) is -0.150. The van der Waals surface area contributed by atoms with Crippen LogP contribution in [0.15, 0.2) is 30.3 Å². The molecule has 0 unspecified atom stereocenters. The van der Waals surface area contributed by atoms with Crippen LogP contribution in [-0.2, 0) is 9.59 Å². The summed E-state index contributed by atoms with van der Waals surface area (Å²) in [6.07, 6.45) is 4.32. The molecule has 102 valence electrons. The quantitative estimate of drug-likeness (QED) is 0.903. The Labute approximate surface area is 113 Å². The normalized spacial score (nSPS) is 15.2. The van der Waals surface area contributed by atoms with Crippen molar-refractivity contribution in [1.29, 1.82) is 0 Å². The molecule has 0 atom stereocenters. The van der Waals surface area contributed by atoms with E-state index in [0.717, 1.165) is 31.4 Å². The van der Waals surface area contributed by atoms with E-state index in [-0.39, 0.29) is 24.4 Å². The minimum absolute atomic E-state index is 0.0184. The monoisotopic (exact) mass is 260 g/mol. The molecule has 1 N–H and O–H groups in total. The maximum Gasteiger partial charge on any atom is 0.244 e. The molecule has 2 rings (SSSR count). The molecule has 1 saturated carbocycles. The zero-order valence-corrected chi connectivity index (χ0v) is 11.3. The summed E-state index contributed by atoms with van der Waals surface area (Å²) in [5.41, 5.74) is 0.766. The van der Waals surface area contributed by atoms with Crippen LogP contribution in [0.4, 0.5) is 5.69 Å². The van der Waals surface area contributed by atoms with Crippen molar-refractivity contribution in [3.8, 4) is 0 Å². The van der Waals surface area contributed by atoms with Crippen LogP contribution < -0.4 is 5.32 Å². The van der Waals surface area contributed by atoms with Gasteiger partial charge in [0.2, 0.25) is 11.8 Å². The molecule has 4 heteroatoms. The fraction of sp³-hybridized carbons (Fsp3) is 0.467. The number of carbonyl (C=O) groups is 2. The van der Waals surface area contributed by atoms with Crippen molar-refractivity contribution in [2.75, 3.05) is 11.9 Å². The highest BCUT2D eigenvalue weighted by Gasteiger charge is 2.26. The number of nitrogens with one attached hydrogen (secondary N) is 1. The van der Waals surface area contributed by atoms with E-state index in [0.29, 0.717) is 0 Å². The van der Waals surface area contributed by atoms with Gasteiger partial charge in [-0.1, -0.05) is 31.0 Å². The number of rotatable bonds is 4. The smallest absolute Gasteiger partial charge is 0.244 e. The summed E-state index contributed by atoms with van der Waals surface area (Å²) >= 11 is 0. The highest BCUT2D eigenvalue weighted by Crippen LogP contribution is 2.23. The minimum atomic E-state index is -0.131. The highest BCUT2D eigenvalue weighted by molar-refractivity contribution is 5.94. The Morgan fingerprint density at radius 2 is 1.84 bits per heavy atom. The number of nitrogens with zero attached hydrogens (tertiary/aromatic N) is 1. The molecule has 1 aliphatic rings. The first-order valence-electron chi connectivity index (χ1n) is 6.79. The van der Waals surface area contributed by atoms with E-state index in [1.54, 1.807) is 4.90 Å². The number of carbonyl (C=O) groups excluding carboxylic acids is 2. The van der Waals surface area contributed by atoms with Crippen LogP contribution in [0.2, 0.25) is 0 Å². The van der Waals surface area contributed by atoms with E-state index >= 15 is 0 Å². The minimum Gasteiger partial charge on any atom is -0.331 e. The Morgan fingerprint density at radius 1 is 1.21 bits per heavy atom. The molecule has 1 aromatic carbocycles. The van der Waals surface area contributed by atoms with E-state index in [1.165, 1.54) is 6.92 Å². The molecule has 0 saturated heterocycles. The lowest BCUT2D eigenvalue weighted by Gasteiger charge is -2.27. The predicted octanol–water partition coefficient (Wildman–Crippen LogP) is 2.42. The maximum absolute atomic E-state index is 12.0. The van der Waals surface area contributed by atoms with Gasteiger partial charge in [-0.25, -0.2) is 0 Å². The number of para-hydroxylation sites is 1. The lowest BCUT2D eigenvalue weighted by molar-refractivity contribution is -0.135. The molecule has 1 aliphatic carbocycles. The molecule has 4 nitrogen and oxygen atoms in total. The summed E-state index contributed by atoms with van der Waals surface area (Å²) in [5, 5.41) is 2.82. The first kappa shape index (κ1) is 13.6. The van der Waals surface area contributed by atoms with Crippen LogP contribution in [0.1, 0.15) is 32.6 Å². The van der Waals surface area contributed by atoms with E-state index < -0.39 is 0 Å². The van der Waals surface area contributed by atoms with Crippen LogP contribution >= 0.6 is 0 Å². The molecular formula is C15H20N2O2. The van der Waals surface area contributed by atoms with Gasteiger partial charge >= 0.3 is 0 Å².